The van der Waals surface area contributed by atoms with E-state index in [2.05, 4.69) is 4.98 Å². The van der Waals surface area contributed by atoms with Gasteiger partial charge in [-0.1, -0.05) is 18.2 Å². The first-order valence-corrected chi connectivity index (χ1v) is 5.60. The van der Waals surface area contributed by atoms with E-state index in [1.165, 1.54) is 0 Å². The molecule has 1 aromatic carbocycles. The second-order valence-corrected chi connectivity index (χ2v) is 4.05. The summed E-state index contributed by atoms with van der Waals surface area (Å²) in [6.45, 7) is 2.68. The van der Waals surface area contributed by atoms with Crippen LogP contribution in [0.15, 0.2) is 36.8 Å². The average molecular weight is 231 g/mol. The molecule has 0 saturated heterocycles. The van der Waals surface area contributed by atoms with Crippen molar-refractivity contribution in [2.24, 2.45) is 5.73 Å². The van der Waals surface area contributed by atoms with Crippen LogP contribution >= 0.6 is 0 Å². The summed E-state index contributed by atoms with van der Waals surface area (Å²) in [6, 6.07) is 7.94. The smallest absolute Gasteiger partial charge is 0.123 e. The van der Waals surface area contributed by atoms with Crippen LogP contribution in [-0.4, -0.2) is 16.7 Å². The Kier molecular flexibility index (Phi) is 3.44. The molecule has 0 saturated carbocycles. The standard InChI is InChI=1S/C13H17N3O/c1-10(14)12-7-15-9-16(12)8-11-5-3-4-6-13(11)17-2/h3-7,9-10H,8,14H2,1-2H3. The second-order valence-electron chi connectivity index (χ2n) is 4.05. The molecule has 90 valence electrons. The molecule has 4 nitrogen and oxygen atoms in total. The van der Waals surface area contributed by atoms with Crippen LogP contribution in [0.2, 0.25) is 0 Å². The summed E-state index contributed by atoms with van der Waals surface area (Å²) < 4.78 is 7.37. The quantitative estimate of drug-likeness (QED) is 0.875. The van der Waals surface area contributed by atoms with E-state index < -0.39 is 0 Å². The number of aromatic nitrogens is 2. The number of rotatable bonds is 4. The topological polar surface area (TPSA) is 53.1 Å². The molecule has 0 fully saturated rings. The molecule has 1 aromatic heterocycles. The van der Waals surface area contributed by atoms with Gasteiger partial charge in [-0.2, -0.15) is 0 Å². The first-order valence-electron chi connectivity index (χ1n) is 5.60. The van der Waals surface area contributed by atoms with Crippen LogP contribution in [0.25, 0.3) is 0 Å². The van der Waals surface area contributed by atoms with Crippen LogP contribution in [0, 0.1) is 0 Å². The van der Waals surface area contributed by atoms with E-state index in [1.54, 1.807) is 19.6 Å². The molecule has 1 heterocycles. The highest BCUT2D eigenvalue weighted by Crippen LogP contribution is 2.20. The highest BCUT2D eigenvalue weighted by molar-refractivity contribution is 5.33. The van der Waals surface area contributed by atoms with Gasteiger partial charge in [0.2, 0.25) is 0 Å². The van der Waals surface area contributed by atoms with Crippen molar-refractivity contribution in [3.05, 3.63) is 48.0 Å². The minimum absolute atomic E-state index is 0.0211. The third-order valence-corrected chi connectivity index (χ3v) is 2.74. The van der Waals surface area contributed by atoms with Gasteiger partial charge in [0, 0.05) is 17.8 Å². The van der Waals surface area contributed by atoms with Crippen molar-refractivity contribution in [1.82, 2.24) is 9.55 Å². The Labute approximate surface area is 101 Å². The molecule has 0 aliphatic heterocycles. The molecule has 4 heteroatoms. The molecule has 0 spiro atoms. The molecule has 1 unspecified atom stereocenters. The summed E-state index contributed by atoms with van der Waals surface area (Å²) in [5, 5.41) is 0. The lowest BCUT2D eigenvalue weighted by molar-refractivity contribution is 0.408. The Balaban J connectivity index is 2.28. The van der Waals surface area contributed by atoms with Crippen LogP contribution in [0.3, 0.4) is 0 Å². The first-order chi connectivity index (χ1) is 8.22. The number of hydrogen-bond donors (Lipinski definition) is 1. The predicted molar refractivity (Wildman–Crippen MR) is 66.9 cm³/mol. The van der Waals surface area contributed by atoms with E-state index >= 15 is 0 Å². The molecule has 0 radical (unpaired) electrons. The fourth-order valence-corrected chi connectivity index (χ4v) is 1.86. The Morgan fingerprint density at radius 3 is 2.88 bits per heavy atom. The van der Waals surface area contributed by atoms with Crippen molar-refractivity contribution < 1.29 is 4.74 Å². The van der Waals surface area contributed by atoms with Crippen molar-refractivity contribution in [3.8, 4) is 5.75 Å². The summed E-state index contributed by atoms with van der Waals surface area (Å²) in [4.78, 5) is 4.14. The van der Waals surface area contributed by atoms with Crippen LogP contribution in [0.5, 0.6) is 5.75 Å². The van der Waals surface area contributed by atoms with Gasteiger partial charge in [-0.25, -0.2) is 4.98 Å². The molecule has 0 amide bonds. The van der Waals surface area contributed by atoms with E-state index in [1.807, 2.05) is 35.8 Å². The van der Waals surface area contributed by atoms with E-state index in [0.717, 1.165) is 23.6 Å². The van der Waals surface area contributed by atoms with Crippen molar-refractivity contribution in [3.63, 3.8) is 0 Å². The van der Waals surface area contributed by atoms with Gasteiger partial charge in [-0.15, -0.1) is 0 Å². The molecule has 2 aromatic rings. The van der Waals surface area contributed by atoms with Crippen molar-refractivity contribution in [2.45, 2.75) is 19.5 Å². The first kappa shape index (κ1) is 11.7. The van der Waals surface area contributed by atoms with Crippen LogP contribution in [-0.2, 0) is 6.54 Å². The Morgan fingerprint density at radius 1 is 1.41 bits per heavy atom. The van der Waals surface area contributed by atoms with Crippen LogP contribution in [0.1, 0.15) is 24.2 Å². The monoisotopic (exact) mass is 231 g/mol. The number of methoxy groups -OCH3 is 1. The maximum Gasteiger partial charge on any atom is 0.123 e. The SMILES string of the molecule is COc1ccccc1Cn1cncc1C(C)N. The van der Waals surface area contributed by atoms with Crippen molar-refractivity contribution >= 4 is 0 Å². The zero-order valence-corrected chi connectivity index (χ0v) is 10.1. The summed E-state index contributed by atoms with van der Waals surface area (Å²) in [7, 11) is 1.68. The Morgan fingerprint density at radius 2 is 2.18 bits per heavy atom. The fraction of sp³-hybridized carbons (Fsp3) is 0.308. The number of benzene rings is 1. The summed E-state index contributed by atoms with van der Waals surface area (Å²) in [5.74, 6) is 0.886. The lowest BCUT2D eigenvalue weighted by Crippen LogP contribution is -2.12. The predicted octanol–water partition coefficient (Wildman–Crippen LogP) is 1.96. The highest BCUT2D eigenvalue weighted by Gasteiger charge is 2.09. The minimum Gasteiger partial charge on any atom is -0.496 e. The van der Waals surface area contributed by atoms with Gasteiger partial charge < -0.3 is 15.0 Å². The highest BCUT2D eigenvalue weighted by atomic mass is 16.5. The Bertz CT molecular complexity index is 491. The molecule has 0 aliphatic carbocycles. The van der Waals surface area contributed by atoms with E-state index in [9.17, 15) is 0 Å². The van der Waals surface area contributed by atoms with Gasteiger partial charge in [0.15, 0.2) is 0 Å². The largest absolute Gasteiger partial charge is 0.496 e. The third kappa shape index (κ3) is 2.47. The Hall–Kier alpha value is -1.81. The number of hydrogen-bond acceptors (Lipinski definition) is 3. The normalized spacial score (nSPS) is 12.4. The second kappa shape index (κ2) is 5.01. The lowest BCUT2D eigenvalue weighted by atomic mass is 10.2. The third-order valence-electron chi connectivity index (χ3n) is 2.74. The van der Waals surface area contributed by atoms with Crippen LogP contribution in [0.4, 0.5) is 0 Å². The number of para-hydroxylation sites is 1. The van der Waals surface area contributed by atoms with Crippen LogP contribution < -0.4 is 10.5 Å². The van der Waals surface area contributed by atoms with Crippen molar-refractivity contribution in [1.29, 1.82) is 0 Å². The maximum atomic E-state index is 5.89. The molecule has 2 N–H and O–H groups in total. The summed E-state index contributed by atoms with van der Waals surface area (Å²) in [5.41, 5.74) is 8.04. The zero-order valence-electron chi connectivity index (χ0n) is 10.1. The molecular formula is C13H17N3O. The molecule has 1 atom stereocenters. The van der Waals surface area contributed by atoms with E-state index in [4.69, 9.17) is 10.5 Å². The van der Waals surface area contributed by atoms with E-state index in [-0.39, 0.29) is 6.04 Å². The molecule has 0 bridgehead atoms. The molecule has 0 aliphatic rings. The van der Waals surface area contributed by atoms with E-state index in [0.29, 0.717) is 0 Å². The number of ether oxygens (including phenoxy) is 1. The number of nitrogens with zero attached hydrogens (tertiary/aromatic N) is 2. The van der Waals surface area contributed by atoms with Gasteiger partial charge in [0.1, 0.15) is 5.75 Å². The van der Waals surface area contributed by atoms with Gasteiger partial charge in [-0.05, 0) is 13.0 Å². The molecular weight excluding hydrogens is 214 g/mol. The minimum atomic E-state index is -0.0211. The summed E-state index contributed by atoms with van der Waals surface area (Å²) >= 11 is 0. The fourth-order valence-electron chi connectivity index (χ4n) is 1.86. The lowest BCUT2D eigenvalue weighted by Gasteiger charge is -2.13. The molecule has 17 heavy (non-hydrogen) atoms. The van der Waals surface area contributed by atoms with Gasteiger partial charge >= 0.3 is 0 Å². The van der Waals surface area contributed by atoms with Gasteiger partial charge in [-0.3, -0.25) is 0 Å². The molecule has 2 rings (SSSR count). The van der Waals surface area contributed by atoms with Crippen molar-refractivity contribution in [2.75, 3.05) is 7.11 Å². The summed E-state index contributed by atoms with van der Waals surface area (Å²) in [6.07, 6.45) is 3.60. The zero-order chi connectivity index (χ0) is 12.3. The number of nitrogens with two attached hydrogens (primary N) is 1. The van der Waals surface area contributed by atoms with Gasteiger partial charge in [0.05, 0.1) is 25.7 Å². The maximum absolute atomic E-state index is 5.89. The number of imidazole rings is 1. The van der Waals surface area contributed by atoms with Gasteiger partial charge in [0.25, 0.3) is 0 Å². The average Bonchev–Trinajstić information content (AvgIpc) is 2.78.